The smallest absolute Gasteiger partial charge is 0.246 e. The van der Waals surface area contributed by atoms with Crippen LogP contribution in [0.15, 0.2) is 23.2 Å². The number of nitrogens with zero attached hydrogens (tertiary/aromatic N) is 1. The molecule has 1 aliphatic heterocycles. The van der Waals surface area contributed by atoms with Crippen LogP contribution < -0.4 is 9.46 Å². The molecule has 2 heterocycles. The van der Waals surface area contributed by atoms with Crippen molar-refractivity contribution in [2.45, 2.75) is 17.9 Å². The van der Waals surface area contributed by atoms with E-state index in [1.807, 2.05) is 0 Å². The molecule has 1 aromatic rings. The van der Waals surface area contributed by atoms with Gasteiger partial charge in [-0.3, -0.25) is 0 Å². The molecule has 1 N–H and O–H groups in total. The number of pyridine rings is 1. The van der Waals surface area contributed by atoms with E-state index in [9.17, 15) is 8.42 Å². The first kappa shape index (κ1) is 9.42. The molecule has 0 saturated carbocycles. The van der Waals surface area contributed by atoms with Crippen LogP contribution in [0.1, 0.15) is 6.92 Å². The third-order valence-corrected chi connectivity index (χ3v) is 3.34. The number of hydrogen-bond donors (Lipinski definition) is 1. The fourth-order valence-corrected chi connectivity index (χ4v) is 2.40. The number of rotatable bonds is 0. The summed E-state index contributed by atoms with van der Waals surface area (Å²) in [6, 6.07) is 3.04. The average molecular weight is 214 g/mol. The predicted molar refractivity (Wildman–Crippen MR) is 49.5 cm³/mol. The van der Waals surface area contributed by atoms with E-state index >= 15 is 0 Å². The summed E-state index contributed by atoms with van der Waals surface area (Å²) in [6.45, 7) is 2.05. The molecule has 14 heavy (non-hydrogen) atoms. The van der Waals surface area contributed by atoms with Gasteiger partial charge in [-0.1, -0.05) is 0 Å². The fraction of sp³-hybridized carbons (Fsp3) is 0.375. The van der Waals surface area contributed by atoms with Crippen molar-refractivity contribution in [3.8, 4) is 5.88 Å². The van der Waals surface area contributed by atoms with Crippen molar-refractivity contribution < 1.29 is 13.2 Å². The van der Waals surface area contributed by atoms with Crippen molar-refractivity contribution in [1.82, 2.24) is 9.71 Å². The van der Waals surface area contributed by atoms with Crippen molar-refractivity contribution in [1.29, 1.82) is 0 Å². The first-order valence-corrected chi connectivity index (χ1v) is 5.69. The molecular formula is C8H10N2O3S. The minimum atomic E-state index is -3.45. The van der Waals surface area contributed by atoms with Gasteiger partial charge in [-0.15, -0.1) is 0 Å². The molecule has 1 aliphatic rings. The Bertz CT molecular complexity index is 444. The highest BCUT2D eigenvalue weighted by Gasteiger charge is 2.25. The number of ether oxygens (including phenoxy) is 1. The molecule has 0 spiro atoms. The summed E-state index contributed by atoms with van der Waals surface area (Å²) in [4.78, 5) is 3.99. The maximum Gasteiger partial charge on any atom is 0.246 e. The molecule has 1 atom stereocenters. The SMILES string of the molecule is C[C@H]1CNS(=O)(=O)c2cccnc2O1. The van der Waals surface area contributed by atoms with Gasteiger partial charge in [-0.05, 0) is 19.1 Å². The number of sulfonamides is 1. The Morgan fingerprint density at radius 1 is 1.64 bits per heavy atom. The van der Waals surface area contributed by atoms with E-state index in [1.165, 1.54) is 12.3 Å². The van der Waals surface area contributed by atoms with Crippen LogP contribution >= 0.6 is 0 Å². The fourth-order valence-electron chi connectivity index (χ4n) is 1.21. The summed E-state index contributed by atoms with van der Waals surface area (Å²) in [5, 5.41) is 0. The summed E-state index contributed by atoms with van der Waals surface area (Å²) >= 11 is 0. The highest BCUT2D eigenvalue weighted by molar-refractivity contribution is 7.89. The van der Waals surface area contributed by atoms with Gasteiger partial charge in [0.1, 0.15) is 11.0 Å². The molecule has 0 radical (unpaired) electrons. The molecule has 0 saturated heterocycles. The number of fused-ring (bicyclic) bond motifs is 1. The Balaban J connectivity index is 2.58. The van der Waals surface area contributed by atoms with Crippen LogP contribution in [0.5, 0.6) is 5.88 Å². The minimum Gasteiger partial charge on any atom is -0.472 e. The lowest BCUT2D eigenvalue weighted by atomic mass is 10.4. The predicted octanol–water partition coefficient (Wildman–Crippen LogP) is 0.141. The van der Waals surface area contributed by atoms with E-state index in [0.29, 0.717) is 0 Å². The van der Waals surface area contributed by atoms with Gasteiger partial charge in [0.25, 0.3) is 0 Å². The van der Waals surface area contributed by atoms with E-state index in [2.05, 4.69) is 9.71 Å². The van der Waals surface area contributed by atoms with Gasteiger partial charge in [-0.2, -0.15) is 0 Å². The van der Waals surface area contributed by atoms with Gasteiger partial charge in [0.05, 0.1) is 0 Å². The summed E-state index contributed by atoms with van der Waals surface area (Å²) < 4.78 is 31.0. The lowest BCUT2D eigenvalue weighted by molar-refractivity contribution is 0.215. The summed E-state index contributed by atoms with van der Waals surface area (Å²) in [5.74, 6) is 0.171. The van der Waals surface area contributed by atoms with Crippen molar-refractivity contribution in [2.24, 2.45) is 0 Å². The van der Waals surface area contributed by atoms with E-state index in [4.69, 9.17) is 4.74 Å². The first-order valence-electron chi connectivity index (χ1n) is 4.21. The monoisotopic (exact) mass is 214 g/mol. The van der Waals surface area contributed by atoms with Crippen LogP contribution in [0.2, 0.25) is 0 Å². The quantitative estimate of drug-likeness (QED) is 0.667. The molecule has 0 aromatic carbocycles. The number of hydrogen-bond acceptors (Lipinski definition) is 4. The normalized spacial score (nSPS) is 24.5. The van der Waals surface area contributed by atoms with Crippen molar-refractivity contribution in [3.63, 3.8) is 0 Å². The second-order valence-electron chi connectivity index (χ2n) is 3.09. The largest absolute Gasteiger partial charge is 0.472 e. The Labute approximate surface area is 82.2 Å². The van der Waals surface area contributed by atoms with E-state index in [-0.39, 0.29) is 23.4 Å². The third kappa shape index (κ3) is 1.58. The second kappa shape index (κ2) is 3.21. The van der Waals surface area contributed by atoms with Gasteiger partial charge in [0.2, 0.25) is 15.9 Å². The number of nitrogens with one attached hydrogen (secondary N) is 1. The molecule has 5 nitrogen and oxygen atoms in total. The van der Waals surface area contributed by atoms with Gasteiger partial charge in [-0.25, -0.2) is 18.1 Å². The summed E-state index contributed by atoms with van der Waals surface area (Å²) in [7, 11) is -3.45. The summed E-state index contributed by atoms with van der Waals surface area (Å²) in [5.41, 5.74) is 0. The molecule has 0 aliphatic carbocycles. The van der Waals surface area contributed by atoms with Crippen LogP contribution in [0.4, 0.5) is 0 Å². The molecule has 1 aromatic heterocycles. The topological polar surface area (TPSA) is 68.3 Å². The third-order valence-electron chi connectivity index (χ3n) is 1.90. The molecule has 0 bridgehead atoms. The van der Waals surface area contributed by atoms with E-state index in [0.717, 1.165) is 0 Å². The van der Waals surface area contributed by atoms with Crippen molar-refractivity contribution >= 4 is 10.0 Å². The Hall–Kier alpha value is -1.14. The van der Waals surface area contributed by atoms with Gasteiger partial charge in [0, 0.05) is 12.7 Å². The lowest BCUT2D eigenvalue weighted by Crippen LogP contribution is -2.29. The lowest BCUT2D eigenvalue weighted by Gasteiger charge is -2.08. The molecule has 0 fully saturated rings. The molecule has 0 amide bonds. The molecule has 0 unspecified atom stereocenters. The highest BCUT2D eigenvalue weighted by Crippen LogP contribution is 2.23. The zero-order valence-electron chi connectivity index (χ0n) is 7.60. The Kier molecular flexibility index (Phi) is 2.16. The van der Waals surface area contributed by atoms with Crippen LogP contribution in [0.25, 0.3) is 0 Å². The Morgan fingerprint density at radius 2 is 2.43 bits per heavy atom. The second-order valence-corrected chi connectivity index (χ2v) is 4.82. The van der Waals surface area contributed by atoms with Crippen LogP contribution in [-0.4, -0.2) is 26.1 Å². The van der Waals surface area contributed by atoms with E-state index in [1.54, 1.807) is 13.0 Å². The first-order chi connectivity index (χ1) is 6.59. The number of aromatic nitrogens is 1. The minimum absolute atomic E-state index is 0.101. The standard InChI is InChI=1S/C8H10N2O3S/c1-6-5-10-14(11,12)7-3-2-4-9-8(7)13-6/h2-4,6,10H,5H2,1H3/t6-/m0/s1. The highest BCUT2D eigenvalue weighted by atomic mass is 32.2. The van der Waals surface area contributed by atoms with Gasteiger partial charge in [0.15, 0.2) is 0 Å². The Morgan fingerprint density at radius 3 is 3.21 bits per heavy atom. The zero-order valence-corrected chi connectivity index (χ0v) is 8.41. The molecule has 2 rings (SSSR count). The molecule has 6 heteroatoms. The molecule has 76 valence electrons. The van der Waals surface area contributed by atoms with Crippen LogP contribution in [-0.2, 0) is 10.0 Å². The van der Waals surface area contributed by atoms with Crippen LogP contribution in [0.3, 0.4) is 0 Å². The summed E-state index contributed by atoms with van der Waals surface area (Å²) in [6.07, 6.45) is 1.30. The maximum atomic E-state index is 11.6. The molecular weight excluding hydrogens is 204 g/mol. The van der Waals surface area contributed by atoms with Crippen molar-refractivity contribution in [2.75, 3.05) is 6.54 Å². The average Bonchev–Trinajstić information content (AvgIpc) is 2.25. The van der Waals surface area contributed by atoms with Crippen molar-refractivity contribution in [3.05, 3.63) is 18.3 Å². The van der Waals surface area contributed by atoms with E-state index < -0.39 is 10.0 Å². The van der Waals surface area contributed by atoms with Gasteiger partial charge < -0.3 is 4.74 Å². The maximum absolute atomic E-state index is 11.6. The van der Waals surface area contributed by atoms with Gasteiger partial charge >= 0.3 is 0 Å². The van der Waals surface area contributed by atoms with Crippen LogP contribution in [0, 0.1) is 0 Å². The zero-order chi connectivity index (χ0) is 10.2.